The number of nitrogens with one attached hydrogen (secondary N) is 1. The predicted octanol–water partition coefficient (Wildman–Crippen LogP) is 0.968. The fraction of sp³-hybridized carbons (Fsp3) is 0.333. The molecule has 20 heavy (non-hydrogen) atoms. The van der Waals surface area contributed by atoms with E-state index in [9.17, 15) is 13.2 Å². The molecule has 1 aromatic carbocycles. The molecule has 0 saturated carbocycles. The summed E-state index contributed by atoms with van der Waals surface area (Å²) in [6.45, 7) is 0.0229. The minimum atomic E-state index is -3.84. The van der Waals surface area contributed by atoms with Gasteiger partial charge in [0.2, 0.25) is 15.9 Å². The van der Waals surface area contributed by atoms with Crippen molar-refractivity contribution >= 4 is 27.5 Å². The Bertz CT molecular complexity index is 652. The van der Waals surface area contributed by atoms with Crippen molar-refractivity contribution in [2.75, 3.05) is 20.6 Å². The number of amides is 1. The molecule has 6 nitrogen and oxygen atoms in total. The first-order valence-corrected chi connectivity index (χ1v) is 7.51. The Balaban J connectivity index is 3.04. The van der Waals surface area contributed by atoms with Crippen molar-refractivity contribution in [2.24, 2.45) is 0 Å². The van der Waals surface area contributed by atoms with Crippen LogP contribution in [0.3, 0.4) is 0 Å². The van der Waals surface area contributed by atoms with Gasteiger partial charge in [0.05, 0.1) is 16.7 Å². The summed E-state index contributed by atoms with van der Waals surface area (Å²) in [7, 11) is -1.00. The second-order valence-electron chi connectivity index (χ2n) is 4.01. The van der Waals surface area contributed by atoms with Crippen molar-refractivity contribution in [3.63, 3.8) is 0 Å². The number of nitrogens with zero attached hydrogens (tertiary/aromatic N) is 2. The van der Waals surface area contributed by atoms with Gasteiger partial charge in [-0.15, -0.1) is 0 Å². The molecule has 8 heteroatoms. The van der Waals surface area contributed by atoms with E-state index in [-0.39, 0.29) is 34.4 Å². The third-order valence-electron chi connectivity index (χ3n) is 2.68. The summed E-state index contributed by atoms with van der Waals surface area (Å²) in [6.07, 6.45) is 0.0434. The van der Waals surface area contributed by atoms with Crippen molar-refractivity contribution < 1.29 is 13.2 Å². The van der Waals surface area contributed by atoms with E-state index in [1.807, 2.05) is 6.07 Å². The zero-order valence-corrected chi connectivity index (χ0v) is 12.6. The van der Waals surface area contributed by atoms with E-state index in [4.69, 9.17) is 16.9 Å². The summed E-state index contributed by atoms with van der Waals surface area (Å²) in [5, 5.41) is 11.3. The molecule has 0 aromatic heterocycles. The second-order valence-corrected chi connectivity index (χ2v) is 6.43. The Kier molecular flexibility index (Phi) is 5.51. The number of hydrogen-bond acceptors (Lipinski definition) is 4. The normalized spacial score (nSPS) is 11.2. The van der Waals surface area contributed by atoms with Gasteiger partial charge in [-0.1, -0.05) is 11.6 Å². The number of hydrogen-bond donors (Lipinski definition) is 1. The smallest absolute Gasteiger partial charge is 0.244 e. The lowest BCUT2D eigenvalue weighted by Crippen LogP contribution is -2.31. The highest BCUT2D eigenvalue weighted by Crippen LogP contribution is 2.25. The van der Waals surface area contributed by atoms with Crippen LogP contribution in [0.4, 0.5) is 0 Å². The molecule has 0 aliphatic carbocycles. The van der Waals surface area contributed by atoms with Crippen molar-refractivity contribution in [3.05, 3.63) is 28.8 Å². The quantitative estimate of drug-likeness (QED) is 0.876. The highest BCUT2D eigenvalue weighted by atomic mass is 35.5. The average Bonchev–Trinajstić information content (AvgIpc) is 2.44. The number of halogens is 1. The molecule has 0 saturated heterocycles. The largest absolute Gasteiger partial charge is 0.359 e. The van der Waals surface area contributed by atoms with E-state index >= 15 is 0 Å². The maximum atomic E-state index is 12.3. The Hall–Kier alpha value is -1.62. The summed E-state index contributed by atoms with van der Waals surface area (Å²) in [5.74, 6) is -0.260. The molecule has 0 aliphatic rings. The van der Waals surface area contributed by atoms with E-state index in [1.165, 1.54) is 32.3 Å². The molecule has 1 aromatic rings. The van der Waals surface area contributed by atoms with Crippen LogP contribution in [0.15, 0.2) is 23.1 Å². The van der Waals surface area contributed by atoms with E-state index in [2.05, 4.69) is 5.32 Å². The van der Waals surface area contributed by atoms with Gasteiger partial charge in [0.25, 0.3) is 0 Å². The van der Waals surface area contributed by atoms with Crippen LogP contribution in [0.2, 0.25) is 5.02 Å². The number of sulfonamides is 1. The first-order valence-electron chi connectivity index (χ1n) is 5.69. The van der Waals surface area contributed by atoms with Gasteiger partial charge < -0.3 is 5.32 Å². The van der Waals surface area contributed by atoms with Crippen molar-refractivity contribution in [1.29, 1.82) is 5.26 Å². The maximum Gasteiger partial charge on any atom is 0.244 e. The van der Waals surface area contributed by atoms with Gasteiger partial charge in [-0.25, -0.2) is 12.7 Å². The number of benzene rings is 1. The third kappa shape index (κ3) is 3.70. The van der Waals surface area contributed by atoms with Gasteiger partial charge in [-0.05, 0) is 18.2 Å². The van der Waals surface area contributed by atoms with Gasteiger partial charge >= 0.3 is 0 Å². The van der Waals surface area contributed by atoms with Crippen LogP contribution in [-0.2, 0) is 14.8 Å². The molecule has 0 fully saturated rings. The molecule has 1 rings (SSSR count). The zero-order chi connectivity index (χ0) is 15.3. The summed E-state index contributed by atoms with van der Waals surface area (Å²) >= 11 is 5.88. The molecule has 0 aliphatic heterocycles. The number of carbonyl (C=O) groups excluding carboxylic acids is 1. The predicted molar refractivity (Wildman–Crippen MR) is 74.7 cm³/mol. The van der Waals surface area contributed by atoms with Gasteiger partial charge in [0.1, 0.15) is 4.90 Å². The van der Waals surface area contributed by atoms with Gasteiger partial charge in [-0.3, -0.25) is 4.79 Å². The lowest BCUT2D eigenvalue weighted by Gasteiger charge is -2.17. The summed E-state index contributed by atoms with van der Waals surface area (Å²) in [4.78, 5) is 11.0. The van der Waals surface area contributed by atoms with Crippen LogP contribution >= 0.6 is 11.6 Å². The van der Waals surface area contributed by atoms with Crippen LogP contribution in [0, 0.1) is 11.3 Å². The number of rotatable bonds is 5. The molecule has 108 valence electrons. The van der Waals surface area contributed by atoms with Crippen molar-refractivity contribution in [1.82, 2.24) is 9.62 Å². The fourth-order valence-electron chi connectivity index (χ4n) is 1.44. The molecule has 1 amide bonds. The summed E-state index contributed by atoms with van der Waals surface area (Å²) < 4.78 is 25.7. The van der Waals surface area contributed by atoms with E-state index < -0.39 is 10.0 Å². The minimum absolute atomic E-state index is 0.0229. The maximum absolute atomic E-state index is 12.3. The molecular weight excluding hydrogens is 302 g/mol. The van der Waals surface area contributed by atoms with E-state index in [1.54, 1.807) is 0 Å². The topological polar surface area (TPSA) is 90.3 Å². The second kappa shape index (κ2) is 6.70. The summed E-state index contributed by atoms with van der Waals surface area (Å²) in [5.41, 5.74) is 0.202. The first kappa shape index (κ1) is 16.4. The van der Waals surface area contributed by atoms with Crippen molar-refractivity contribution in [2.45, 2.75) is 11.3 Å². The Morgan fingerprint density at radius 2 is 2.15 bits per heavy atom. The Morgan fingerprint density at radius 1 is 1.50 bits per heavy atom. The molecule has 1 N–H and O–H groups in total. The summed E-state index contributed by atoms with van der Waals surface area (Å²) in [6, 6.07) is 5.87. The zero-order valence-electron chi connectivity index (χ0n) is 11.1. The van der Waals surface area contributed by atoms with Gasteiger partial charge in [-0.2, -0.15) is 5.26 Å². The van der Waals surface area contributed by atoms with Crippen molar-refractivity contribution in [3.8, 4) is 6.07 Å². The molecule has 0 unspecified atom stereocenters. The lowest BCUT2D eigenvalue weighted by molar-refractivity contribution is -0.120. The third-order valence-corrected chi connectivity index (χ3v) is 5.02. The highest BCUT2D eigenvalue weighted by molar-refractivity contribution is 7.89. The van der Waals surface area contributed by atoms with E-state index in [0.29, 0.717) is 0 Å². The monoisotopic (exact) mass is 315 g/mol. The molecule has 0 spiro atoms. The lowest BCUT2D eigenvalue weighted by atomic mass is 10.2. The van der Waals surface area contributed by atoms with Crippen LogP contribution in [-0.4, -0.2) is 39.3 Å². The molecule has 0 radical (unpaired) electrons. The van der Waals surface area contributed by atoms with E-state index in [0.717, 1.165) is 4.31 Å². The number of carbonyl (C=O) groups is 1. The Labute approximate surface area is 123 Å². The molecule has 0 heterocycles. The minimum Gasteiger partial charge on any atom is -0.359 e. The number of nitriles is 1. The van der Waals surface area contributed by atoms with Gasteiger partial charge in [0.15, 0.2) is 0 Å². The van der Waals surface area contributed by atoms with Crippen LogP contribution in [0.1, 0.15) is 12.0 Å². The molecule has 0 atom stereocenters. The van der Waals surface area contributed by atoms with Crippen LogP contribution in [0.25, 0.3) is 0 Å². The van der Waals surface area contributed by atoms with Crippen LogP contribution in [0.5, 0.6) is 0 Å². The first-order chi connectivity index (χ1) is 9.32. The van der Waals surface area contributed by atoms with Gasteiger partial charge in [0, 0.05) is 27.1 Å². The molecule has 0 bridgehead atoms. The standard InChI is InChI=1S/C12H14ClN3O3S/c1-15-12(17)5-6-16(2)20(18,19)11-7-9(8-14)3-4-10(11)13/h3-4,7H,5-6H2,1-2H3,(H,15,17). The molecular formula is C12H14ClN3O3S. The Morgan fingerprint density at radius 3 is 2.70 bits per heavy atom. The van der Waals surface area contributed by atoms with Crippen LogP contribution < -0.4 is 5.32 Å². The average molecular weight is 316 g/mol. The fourth-order valence-corrected chi connectivity index (χ4v) is 3.11. The SMILES string of the molecule is CNC(=O)CCN(C)S(=O)(=O)c1cc(C#N)ccc1Cl. The highest BCUT2D eigenvalue weighted by Gasteiger charge is 2.24.